The van der Waals surface area contributed by atoms with Crippen LogP contribution in [0.15, 0.2) is 11.7 Å². The maximum atomic E-state index is 9.01. The lowest BCUT2D eigenvalue weighted by atomic mass is 10.0. The number of thiazole rings is 1. The summed E-state index contributed by atoms with van der Waals surface area (Å²) >= 11 is 1.48. The summed E-state index contributed by atoms with van der Waals surface area (Å²) in [4.78, 5) is 4.88. The highest BCUT2D eigenvalue weighted by Gasteiger charge is 2.27. The molecule has 4 N–H and O–H groups in total. The molecule has 0 bridgehead atoms. The van der Waals surface area contributed by atoms with Crippen molar-refractivity contribution in [2.24, 2.45) is 0 Å². The van der Waals surface area contributed by atoms with E-state index in [9.17, 15) is 0 Å². The molecule has 0 fully saturated rings. The molecule has 6 heteroatoms. The lowest BCUT2D eigenvalue weighted by Crippen LogP contribution is -2.54. The van der Waals surface area contributed by atoms with Crippen molar-refractivity contribution >= 4 is 11.3 Å². The molecule has 0 saturated heterocycles. The zero-order chi connectivity index (χ0) is 10.4. The van der Waals surface area contributed by atoms with Crippen molar-refractivity contribution in [3.8, 4) is 0 Å². The third kappa shape index (κ3) is 2.73. The van der Waals surface area contributed by atoms with Gasteiger partial charge in [-0.25, -0.2) is 0 Å². The van der Waals surface area contributed by atoms with Crippen molar-refractivity contribution in [1.29, 1.82) is 0 Å². The molecule has 1 aromatic rings. The van der Waals surface area contributed by atoms with E-state index in [1.54, 1.807) is 11.7 Å². The first kappa shape index (κ1) is 11.5. The van der Waals surface area contributed by atoms with E-state index in [-0.39, 0.29) is 19.8 Å². The van der Waals surface area contributed by atoms with Crippen LogP contribution in [-0.2, 0) is 6.54 Å². The van der Waals surface area contributed by atoms with Crippen molar-refractivity contribution in [2.75, 3.05) is 19.8 Å². The molecular weight excluding hydrogens is 204 g/mol. The highest BCUT2D eigenvalue weighted by molar-refractivity contribution is 7.09. The van der Waals surface area contributed by atoms with E-state index < -0.39 is 5.54 Å². The Balaban J connectivity index is 2.48. The van der Waals surface area contributed by atoms with Crippen LogP contribution in [0, 0.1) is 0 Å². The Morgan fingerprint density at radius 3 is 2.36 bits per heavy atom. The number of aromatic nitrogens is 1. The molecule has 0 radical (unpaired) electrons. The van der Waals surface area contributed by atoms with Gasteiger partial charge in [0, 0.05) is 17.6 Å². The van der Waals surface area contributed by atoms with Crippen LogP contribution in [0.5, 0.6) is 0 Å². The van der Waals surface area contributed by atoms with Crippen LogP contribution in [0.2, 0.25) is 0 Å². The fourth-order valence-electron chi connectivity index (χ4n) is 0.922. The van der Waals surface area contributed by atoms with Gasteiger partial charge in [0.25, 0.3) is 0 Å². The first-order valence-electron chi connectivity index (χ1n) is 4.21. The van der Waals surface area contributed by atoms with E-state index >= 15 is 0 Å². The van der Waals surface area contributed by atoms with Gasteiger partial charge in [-0.3, -0.25) is 4.98 Å². The van der Waals surface area contributed by atoms with Crippen LogP contribution >= 0.6 is 11.3 Å². The maximum Gasteiger partial charge on any atom is 0.0884 e. The largest absolute Gasteiger partial charge is 0.394 e. The normalized spacial score (nSPS) is 11.9. The lowest BCUT2D eigenvalue weighted by molar-refractivity contribution is 0.0415. The Bertz CT molecular complexity index is 241. The minimum Gasteiger partial charge on any atom is -0.394 e. The Kier molecular flexibility index (Phi) is 4.43. The van der Waals surface area contributed by atoms with Gasteiger partial charge in [0.2, 0.25) is 0 Å². The van der Waals surface area contributed by atoms with Gasteiger partial charge in [0.1, 0.15) is 0 Å². The van der Waals surface area contributed by atoms with Crippen LogP contribution in [0.1, 0.15) is 4.88 Å². The highest BCUT2D eigenvalue weighted by Crippen LogP contribution is 2.08. The summed E-state index contributed by atoms with van der Waals surface area (Å²) in [6.07, 6.45) is 1.70. The molecule has 0 atom stereocenters. The molecule has 0 saturated carbocycles. The molecule has 80 valence electrons. The lowest BCUT2D eigenvalue weighted by Gasteiger charge is -2.28. The zero-order valence-electron chi connectivity index (χ0n) is 7.68. The second-order valence-electron chi connectivity index (χ2n) is 3.08. The first-order chi connectivity index (χ1) is 6.76. The van der Waals surface area contributed by atoms with E-state index in [1.807, 2.05) is 0 Å². The number of nitrogens with one attached hydrogen (secondary N) is 1. The van der Waals surface area contributed by atoms with E-state index in [1.165, 1.54) is 11.3 Å². The quantitative estimate of drug-likeness (QED) is 0.489. The van der Waals surface area contributed by atoms with Gasteiger partial charge in [-0.2, -0.15) is 0 Å². The summed E-state index contributed by atoms with van der Waals surface area (Å²) in [6, 6.07) is 0. The monoisotopic (exact) mass is 218 g/mol. The summed E-state index contributed by atoms with van der Waals surface area (Å²) in [7, 11) is 0. The first-order valence-corrected chi connectivity index (χ1v) is 5.09. The molecule has 0 aromatic carbocycles. The Morgan fingerprint density at radius 1 is 1.29 bits per heavy atom. The van der Waals surface area contributed by atoms with Gasteiger partial charge < -0.3 is 20.6 Å². The molecule has 5 nitrogen and oxygen atoms in total. The Hall–Kier alpha value is -0.530. The number of hydrogen-bond acceptors (Lipinski definition) is 6. The van der Waals surface area contributed by atoms with E-state index in [0.29, 0.717) is 6.54 Å². The van der Waals surface area contributed by atoms with Crippen LogP contribution in [0.3, 0.4) is 0 Å². The number of aliphatic hydroxyl groups excluding tert-OH is 3. The van der Waals surface area contributed by atoms with Gasteiger partial charge in [0.15, 0.2) is 0 Å². The van der Waals surface area contributed by atoms with Crippen molar-refractivity contribution in [1.82, 2.24) is 10.3 Å². The zero-order valence-corrected chi connectivity index (χ0v) is 8.50. The molecule has 1 heterocycles. The van der Waals surface area contributed by atoms with Crippen molar-refractivity contribution in [3.05, 3.63) is 16.6 Å². The van der Waals surface area contributed by atoms with Crippen molar-refractivity contribution < 1.29 is 15.3 Å². The van der Waals surface area contributed by atoms with Crippen molar-refractivity contribution in [2.45, 2.75) is 12.1 Å². The second kappa shape index (κ2) is 5.38. The molecule has 14 heavy (non-hydrogen) atoms. The smallest absolute Gasteiger partial charge is 0.0884 e. The summed E-state index contributed by atoms with van der Waals surface area (Å²) in [6.45, 7) is -0.442. The minimum atomic E-state index is -1.01. The van der Waals surface area contributed by atoms with Crippen molar-refractivity contribution in [3.63, 3.8) is 0 Å². The molecule has 0 unspecified atom stereocenters. The Labute approximate surface area is 86.0 Å². The molecule has 1 aromatic heterocycles. The van der Waals surface area contributed by atoms with Gasteiger partial charge >= 0.3 is 0 Å². The molecule has 1 rings (SSSR count). The number of rotatable bonds is 6. The second-order valence-corrected chi connectivity index (χ2v) is 4.05. The van der Waals surface area contributed by atoms with Crippen LogP contribution in [0.4, 0.5) is 0 Å². The summed E-state index contributed by atoms with van der Waals surface area (Å²) < 4.78 is 0. The van der Waals surface area contributed by atoms with E-state index in [4.69, 9.17) is 15.3 Å². The third-order valence-corrected chi connectivity index (χ3v) is 2.81. The molecule has 0 aliphatic rings. The van der Waals surface area contributed by atoms with Crippen LogP contribution in [0.25, 0.3) is 0 Å². The SMILES string of the molecule is OCC(CO)(CO)NCc1cncs1. The minimum absolute atomic E-state index is 0.307. The van der Waals surface area contributed by atoms with Crippen LogP contribution < -0.4 is 5.32 Å². The average molecular weight is 218 g/mol. The summed E-state index contributed by atoms with van der Waals surface area (Å²) in [5.41, 5.74) is 0.694. The summed E-state index contributed by atoms with van der Waals surface area (Å²) in [5.74, 6) is 0. The topological polar surface area (TPSA) is 85.6 Å². The molecule has 0 spiro atoms. The Morgan fingerprint density at radius 2 is 1.93 bits per heavy atom. The average Bonchev–Trinajstić information content (AvgIpc) is 2.74. The van der Waals surface area contributed by atoms with E-state index in [0.717, 1.165) is 4.88 Å². The standard InChI is InChI=1S/C8H14N2O3S/c11-3-8(4-12,5-13)10-2-7-1-9-6-14-7/h1,6,10-13H,2-5H2. The fourth-order valence-corrected chi connectivity index (χ4v) is 1.46. The van der Waals surface area contributed by atoms with Gasteiger partial charge in [-0.15, -0.1) is 11.3 Å². The van der Waals surface area contributed by atoms with Gasteiger partial charge in [-0.1, -0.05) is 0 Å². The molecule has 0 aliphatic heterocycles. The van der Waals surface area contributed by atoms with Gasteiger partial charge in [0.05, 0.1) is 30.9 Å². The molecular formula is C8H14N2O3S. The van der Waals surface area contributed by atoms with Gasteiger partial charge in [-0.05, 0) is 0 Å². The number of hydrogen-bond donors (Lipinski definition) is 4. The maximum absolute atomic E-state index is 9.01. The predicted octanol–water partition coefficient (Wildman–Crippen LogP) is -1.05. The fraction of sp³-hybridized carbons (Fsp3) is 0.625. The highest BCUT2D eigenvalue weighted by atomic mass is 32.1. The third-order valence-electron chi connectivity index (χ3n) is 2.03. The van der Waals surface area contributed by atoms with Crippen LogP contribution in [-0.4, -0.2) is 45.7 Å². The number of aliphatic hydroxyl groups is 3. The summed E-state index contributed by atoms with van der Waals surface area (Å²) in [5, 5.41) is 29.9. The molecule has 0 amide bonds. The molecule has 0 aliphatic carbocycles. The predicted molar refractivity (Wildman–Crippen MR) is 52.9 cm³/mol. The van der Waals surface area contributed by atoms with E-state index in [2.05, 4.69) is 10.3 Å². The number of nitrogens with zero attached hydrogens (tertiary/aromatic N) is 1.